The highest BCUT2D eigenvalue weighted by Gasteiger charge is 2.18. The van der Waals surface area contributed by atoms with Crippen LogP contribution < -0.4 is 9.83 Å². The molecule has 0 spiro atoms. The van der Waals surface area contributed by atoms with Gasteiger partial charge < -0.3 is 15.3 Å². The molecule has 0 heterocycles. The molecule has 0 radical (unpaired) electrons. The van der Waals surface area contributed by atoms with E-state index in [1.807, 2.05) is 0 Å². The van der Waals surface area contributed by atoms with Crippen LogP contribution in [0.3, 0.4) is 0 Å². The normalized spacial score (nSPS) is 11.0. The van der Waals surface area contributed by atoms with Crippen molar-refractivity contribution in [3.8, 4) is 11.5 Å². The highest BCUT2D eigenvalue weighted by Crippen LogP contribution is 2.26. The van der Waals surface area contributed by atoms with Crippen LogP contribution in [0.4, 0.5) is 5.69 Å². The zero-order valence-electron chi connectivity index (χ0n) is 10.5. The Hall–Kier alpha value is -2.74. The van der Waals surface area contributed by atoms with Gasteiger partial charge in [-0.15, -0.1) is 0 Å². The number of hydrogen-bond donors (Lipinski definition) is 3. The highest BCUT2D eigenvalue weighted by atomic mass is 32.2. The molecule has 0 saturated carbocycles. The van der Waals surface area contributed by atoms with Crippen LogP contribution in [0.2, 0.25) is 0 Å². The predicted molar refractivity (Wildman–Crippen MR) is 71.8 cm³/mol. The van der Waals surface area contributed by atoms with Gasteiger partial charge in [0.25, 0.3) is 10.0 Å². The molecule has 0 aliphatic carbocycles. The van der Waals surface area contributed by atoms with Crippen LogP contribution in [0, 0.1) is 0 Å². The number of aromatic carboxylic acids is 1. The van der Waals surface area contributed by atoms with Gasteiger partial charge in [-0.1, -0.05) is 23.9 Å². The molecule has 0 saturated heterocycles. The van der Waals surface area contributed by atoms with Crippen molar-refractivity contribution >= 4 is 21.7 Å². The topological polar surface area (TPSA) is 127 Å². The Kier molecular flexibility index (Phi) is 3.72. The van der Waals surface area contributed by atoms with Crippen molar-refractivity contribution in [2.45, 2.75) is 4.90 Å². The molecule has 0 atom stereocenters. The van der Waals surface area contributed by atoms with Crippen molar-refractivity contribution < 1.29 is 28.5 Å². The Bertz CT molecular complexity index is 800. The maximum Gasteiger partial charge on any atom is 0.335 e. The molecule has 110 valence electrons. The number of benzene rings is 2. The van der Waals surface area contributed by atoms with Crippen LogP contribution >= 0.6 is 0 Å². The number of rotatable bonds is 4. The molecule has 0 bridgehead atoms. The minimum atomic E-state index is -4.12. The third-order valence-electron chi connectivity index (χ3n) is 2.64. The van der Waals surface area contributed by atoms with E-state index in [1.54, 1.807) is 0 Å². The van der Waals surface area contributed by atoms with Crippen molar-refractivity contribution in [3.05, 3.63) is 48.0 Å². The number of para-hydroxylation sites is 2. The number of aromatic hydroxyl groups is 1. The van der Waals surface area contributed by atoms with Crippen LogP contribution in [0.1, 0.15) is 10.4 Å². The zero-order valence-corrected chi connectivity index (χ0v) is 11.3. The Morgan fingerprint density at radius 1 is 1.14 bits per heavy atom. The molecule has 0 unspecified atom stereocenters. The van der Waals surface area contributed by atoms with E-state index in [1.165, 1.54) is 24.3 Å². The average Bonchev–Trinajstić information content (AvgIpc) is 2.41. The van der Waals surface area contributed by atoms with Gasteiger partial charge in [-0.25, -0.2) is 13.2 Å². The molecule has 3 N–H and O–H groups in total. The molecular formula is C13H10NO6S-. The lowest BCUT2D eigenvalue weighted by Gasteiger charge is -2.13. The number of carboxylic acids is 1. The summed E-state index contributed by atoms with van der Waals surface area (Å²) in [5, 5.41) is 29.7. The van der Waals surface area contributed by atoms with Crippen molar-refractivity contribution in [2.75, 3.05) is 4.72 Å². The monoisotopic (exact) mass is 308 g/mol. The second-order valence-electron chi connectivity index (χ2n) is 4.09. The summed E-state index contributed by atoms with van der Waals surface area (Å²) in [5.41, 5.74) is -0.698. The van der Waals surface area contributed by atoms with E-state index in [0.29, 0.717) is 0 Å². The van der Waals surface area contributed by atoms with Crippen LogP contribution in [-0.2, 0) is 10.0 Å². The molecule has 21 heavy (non-hydrogen) atoms. The van der Waals surface area contributed by atoms with Crippen LogP contribution in [-0.4, -0.2) is 24.6 Å². The van der Waals surface area contributed by atoms with Gasteiger partial charge in [-0.05, 0) is 24.3 Å². The minimum absolute atomic E-state index is 0.0550. The number of carboxylic acid groups (broad SMARTS) is 1. The summed E-state index contributed by atoms with van der Waals surface area (Å²) < 4.78 is 26.4. The smallest absolute Gasteiger partial charge is 0.335 e. The fourth-order valence-electron chi connectivity index (χ4n) is 1.61. The van der Waals surface area contributed by atoms with Gasteiger partial charge in [0.2, 0.25) is 0 Å². The van der Waals surface area contributed by atoms with Gasteiger partial charge in [-0.3, -0.25) is 4.72 Å². The zero-order chi connectivity index (χ0) is 15.6. The molecule has 0 aromatic heterocycles. The van der Waals surface area contributed by atoms with Gasteiger partial charge >= 0.3 is 5.97 Å². The van der Waals surface area contributed by atoms with Gasteiger partial charge in [0, 0.05) is 0 Å². The molecule has 0 fully saturated rings. The third-order valence-corrected chi connectivity index (χ3v) is 4.00. The number of carbonyl (C=O) groups is 1. The summed E-state index contributed by atoms with van der Waals surface area (Å²) >= 11 is 0. The van der Waals surface area contributed by atoms with Crippen molar-refractivity contribution in [1.82, 2.24) is 0 Å². The van der Waals surface area contributed by atoms with E-state index in [9.17, 15) is 23.4 Å². The maximum absolute atomic E-state index is 12.1. The molecule has 2 aromatic carbocycles. The second-order valence-corrected chi connectivity index (χ2v) is 5.77. The summed E-state index contributed by atoms with van der Waals surface area (Å²) in [6.45, 7) is 0. The van der Waals surface area contributed by atoms with E-state index in [0.717, 1.165) is 18.2 Å². The standard InChI is InChI=1S/C13H11NO6S/c15-11-6-5-8(7-9(11)13(17)18)21(19,20)14-10-3-1-2-4-12(10)16/h1-7,14-16H,(H,17,18)/p-1. The minimum Gasteiger partial charge on any atom is -0.872 e. The molecule has 7 nitrogen and oxygen atoms in total. The van der Waals surface area contributed by atoms with E-state index in [2.05, 4.69) is 4.72 Å². The first-order valence-corrected chi connectivity index (χ1v) is 7.15. The third kappa shape index (κ3) is 3.06. The van der Waals surface area contributed by atoms with Crippen molar-refractivity contribution in [2.24, 2.45) is 0 Å². The average molecular weight is 308 g/mol. The number of anilines is 1. The van der Waals surface area contributed by atoms with Crippen molar-refractivity contribution in [1.29, 1.82) is 0 Å². The quantitative estimate of drug-likeness (QED) is 0.722. The number of phenols is 1. The van der Waals surface area contributed by atoms with Gasteiger partial charge in [-0.2, -0.15) is 0 Å². The summed E-state index contributed by atoms with van der Waals surface area (Å²) in [4.78, 5) is 10.5. The Morgan fingerprint density at radius 3 is 2.43 bits per heavy atom. The van der Waals surface area contributed by atoms with E-state index in [-0.39, 0.29) is 16.3 Å². The van der Waals surface area contributed by atoms with E-state index >= 15 is 0 Å². The van der Waals surface area contributed by atoms with Crippen molar-refractivity contribution in [3.63, 3.8) is 0 Å². The van der Waals surface area contributed by atoms with Gasteiger partial charge in [0.15, 0.2) is 0 Å². The lowest BCUT2D eigenvalue weighted by atomic mass is 10.2. The van der Waals surface area contributed by atoms with Crippen LogP contribution in [0.25, 0.3) is 0 Å². The first kappa shape index (κ1) is 14.7. The van der Waals surface area contributed by atoms with Gasteiger partial charge in [0.05, 0.1) is 16.1 Å². The fourth-order valence-corrected chi connectivity index (χ4v) is 2.71. The first-order chi connectivity index (χ1) is 9.81. The number of nitrogens with one attached hydrogen (secondary N) is 1. The largest absolute Gasteiger partial charge is 0.872 e. The van der Waals surface area contributed by atoms with Crippen LogP contribution in [0.15, 0.2) is 47.4 Å². The predicted octanol–water partition coefficient (Wildman–Crippen LogP) is 0.965. The highest BCUT2D eigenvalue weighted by molar-refractivity contribution is 7.92. The molecule has 2 aromatic rings. The lowest BCUT2D eigenvalue weighted by molar-refractivity contribution is -0.268. The molecule has 2 rings (SSSR count). The Balaban J connectivity index is 2.43. The molecule has 0 amide bonds. The summed E-state index contributed by atoms with van der Waals surface area (Å²) in [7, 11) is -4.12. The Morgan fingerprint density at radius 2 is 1.81 bits per heavy atom. The summed E-state index contributed by atoms with van der Waals surface area (Å²) in [6, 6.07) is 8.30. The maximum atomic E-state index is 12.1. The SMILES string of the molecule is O=C(O)c1cc(S(=O)(=O)Nc2ccccc2O)ccc1[O-]. The summed E-state index contributed by atoms with van der Waals surface area (Å²) in [6.07, 6.45) is 0. The van der Waals surface area contributed by atoms with E-state index in [4.69, 9.17) is 5.11 Å². The second kappa shape index (κ2) is 5.33. The van der Waals surface area contributed by atoms with Crippen LogP contribution in [0.5, 0.6) is 11.5 Å². The number of hydrogen-bond acceptors (Lipinski definition) is 5. The lowest BCUT2D eigenvalue weighted by Crippen LogP contribution is -2.14. The summed E-state index contributed by atoms with van der Waals surface area (Å²) in [5.74, 6) is -2.58. The molecule has 0 aliphatic heterocycles. The molecule has 0 aliphatic rings. The first-order valence-electron chi connectivity index (χ1n) is 5.66. The molecular weight excluding hydrogens is 298 g/mol. The number of sulfonamides is 1. The Labute approximate surface area is 120 Å². The van der Waals surface area contributed by atoms with E-state index < -0.39 is 27.3 Å². The fraction of sp³-hybridized carbons (Fsp3) is 0. The molecule has 8 heteroatoms. The number of phenolic OH excluding ortho intramolecular Hbond substituents is 1. The van der Waals surface area contributed by atoms with Gasteiger partial charge in [0.1, 0.15) is 5.75 Å².